The lowest BCUT2D eigenvalue weighted by atomic mass is 10.1. The van der Waals surface area contributed by atoms with E-state index in [2.05, 4.69) is 9.78 Å². The molecule has 8 nitrogen and oxygen atoms in total. The topological polar surface area (TPSA) is 105 Å². The maximum Gasteiger partial charge on any atom is 0.391 e. The van der Waals surface area contributed by atoms with Gasteiger partial charge < -0.3 is 9.47 Å². The van der Waals surface area contributed by atoms with Gasteiger partial charge in [-0.05, 0) is 12.8 Å². The highest BCUT2D eigenvalue weighted by Gasteiger charge is 2.36. The molecule has 0 aromatic heterocycles. The molecule has 0 aromatic rings. The van der Waals surface area contributed by atoms with Crippen LogP contribution < -0.4 is 0 Å². The van der Waals surface area contributed by atoms with Gasteiger partial charge >= 0.3 is 11.9 Å². The first-order valence-corrected chi connectivity index (χ1v) is 6.30. The number of ketones is 2. The second kappa shape index (κ2) is 6.58. The number of hydrogen-bond acceptors (Lipinski definition) is 8. The summed E-state index contributed by atoms with van der Waals surface area (Å²) in [6.45, 7) is 0.507. The van der Waals surface area contributed by atoms with E-state index in [1.165, 1.54) is 0 Å². The van der Waals surface area contributed by atoms with Crippen molar-refractivity contribution in [1.29, 1.82) is 0 Å². The number of Topliss-reactive ketones (excluding diaryl/α,β-unsaturated/α-hetero) is 2. The fourth-order valence-corrected chi connectivity index (χ4v) is 1.91. The van der Waals surface area contributed by atoms with Crippen molar-refractivity contribution in [2.45, 2.75) is 37.9 Å². The van der Waals surface area contributed by atoms with Gasteiger partial charge in [0.15, 0.2) is 11.6 Å². The molecule has 110 valence electrons. The molecule has 2 heterocycles. The molecule has 0 spiro atoms. The highest BCUT2D eigenvalue weighted by atomic mass is 17.2. The average Bonchev–Trinajstić information content (AvgIpc) is 2.45. The smallest absolute Gasteiger partial charge is 0.359 e. The molecule has 2 aliphatic heterocycles. The first kappa shape index (κ1) is 14.6. The van der Waals surface area contributed by atoms with Crippen molar-refractivity contribution in [3.8, 4) is 0 Å². The zero-order valence-corrected chi connectivity index (χ0v) is 10.7. The predicted molar refractivity (Wildman–Crippen MR) is 60.1 cm³/mol. The van der Waals surface area contributed by atoms with Gasteiger partial charge in [0.2, 0.25) is 12.2 Å². The van der Waals surface area contributed by atoms with Crippen LogP contribution in [0, 0.1) is 0 Å². The van der Waals surface area contributed by atoms with Gasteiger partial charge in [0.1, 0.15) is 0 Å². The second-order valence-electron chi connectivity index (χ2n) is 4.45. The molecule has 0 N–H and O–H groups in total. The zero-order valence-electron chi connectivity index (χ0n) is 10.7. The summed E-state index contributed by atoms with van der Waals surface area (Å²) in [5, 5.41) is 0. The summed E-state index contributed by atoms with van der Waals surface area (Å²) >= 11 is 0. The van der Waals surface area contributed by atoms with E-state index in [9.17, 15) is 19.2 Å². The first-order valence-electron chi connectivity index (χ1n) is 6.30. The van der Waals surface area contributed by atoms with Crippen LogP contribution in [-0.4, -0.2) is 48.9 Å². The van der Waals surface area contributed by atoms with Crippen molar-refractivity contribution in [2.75, 3.05) is 13.2 Å². The Hall–Kier alpha value is -1.80. The molecule has 20 heavy (non-hydrogen) atoms. The SMILES string of the molecule is O=C1CCCOC1C(=O)OOC(=O)C1OCCCC1=O. The summed E-state index contributed by atoms with van der Waals surface area (Å²) in [6.07, 6.45) is -1.27. The van der Waals surface area contributed by atoms with Gasteiger partial charge in [-0.1, -0.05) is 0 Å². The van der Waals surface area contributed by atoms with Gasteiger partial charge in [0, 0.05) is 26.1 Å². The minimum atomic E-state index is -1.38. The summed E-state index contributed by atoms with van der Waals surface area (Å²) in [5.74, 6) is -3.07. The normalized spacial score (nSPS) is 27.0. The molecule has 2 fully saturated rings. The fraction of sp³-hybridized carbons (Fsp3) is 0.667. The van der Waals surface area contributed by atoms with Crippen LogP contribution in [0.1, 0.15) is 25.7 Å². The Morgan fingerprint density at radius 1 is 0.850 bits per heavy atom. The van der Waals surface area contributed by atoms with E-state index in [1.807, 2.05) is 0 Å². The summed E-state index contributed by atoms with van der Waals surface area (Å²) in [7, 11) is 0. The molecule has 0 saturated carbocycles. The third-order valence-electron chi connectivity index (χ3n) is 2.92. The van der Waals surface area contributed by atoms with Crippen LogP contribution in [0.3, 0.4) is 0 Å². The van der Waals surface area contributed by atoms with Crippen LogP contribution in [0.4, 0.5) is 0 Å². The third-order valence-corrected chi connectivity index (χ3v) is 2.92. The molecular formula is C12H14O8. The Kier molecular flexibility index (Phi) is 4.80. The standard InChI is InChI=1S/C12H14O8/c13-7-3-1-5-17-9(7)11(15)19-20-12(16)10-8(14)4-2-6-18-10/h9-10H,1-6H2. The first-order chi connectivity index (χ1) is 9.59. The lowest BCUT2D eigenvalue weighted by molar-refractivity contribution is -0.271. The largest absolute Gasteiger partial charge is 0.391 e. The van der Waals surface area contributed by atoms with E-state index < -0.39 is 35.7 Å². The monoisotopic (exact) mass is 286 g/mol. The summed E-state index contributed by atoms with van der Waals surface area (Å²) in [4.78, 5) is 54.3. The van der Waals surface area contributed by atoms with Crippen LogP contribution in [0.2, 0.25) is 0 Å². The van der Waals surface area contributed by atoms with Crippen LogP contribution in [0.25, 0.3) is 0 Å². The number of carbonyl (C=O) groups excluding carboxylic acids is 4. The molecular weight excluding hydrogens is 272 g/mol. The molecule has 0 aromatic carbocycles. The van der Waals surface area contributed by atoms with E-state index in [-0.39, 0.29) is 26.1 Å². The maximum absolute atomic E-state index is 11.5. The minimum Gasteiger partial charge on any atom is -0.359 e. The summed E-state index contributed by atoms with van der Waals surface area (Å²) < 4.78 is 9.87. The highest BCUT2D eigenvalue weighted by molar-refractivity contribution is 6.04. The van der Waals surface area contributed by atoms with E-state index in [0.29, 0.717) is 12.8 Å². The van der Waals surface area contributed by atoms with Gasteiger partial charge in [-0.15, -0.1) is 0 Å². The number of carbonyl (C=O) groups is 4. The fourth-order valence-electron chi connectivity index (χ4n) is 1.91. The van der Waals surface area contributed by atoms with Gasteiger partial charge in [-0.2, -0.15) is 0 Å². The molecule has 8 heteroatoms. The zero-order chi connectivity index (χ0) is 14.5. The summed E-state index contributed by atoms with van der Waals surface area (Å²) in [5.41, 5.74) is 0. The average molecular weight is 286 g/mol. The van der Waals surface area contributed by atoms with Crippen molar-refractivity contribution in [3.05, 3.63) is 0 Å². The maximum atomic E-state index is 11.5. The molecule has 2 unspecified atom stereocenters. The number of hydrogen-bond donors (Lipinski definition) is 0. The molecule has 0 amide bonds. The van der Waals surface area contributed by atoms with Gasteiger partial charge in [0.05, 0.1) is 0 Å². The Morgan fingerprint density at radius 2 is 1.25 bits per heavy atom. The van der Waals surface area contributed by atoms with Gasteiger partial charge in [-0.3, -0.25) is 9.59 Å². The molecule has 2 aliphatic rings. The van der Waals surface area contributed by atoms with Crippen LogP contribution in [0.5, 0.6) is 0 Å². The number of ether oxygens (including phenoxy) is 2. The van der Waals surface area contributed by atoms with Crippen molar-refractivity contribution >= 4 is 23.5 Å². The lowest BCUT2D eigenvalue weighted by Crippen LogP contribution is -2.41. The number of rotatable bonds is 2. The van der Waals surface area contributed by atoms with Crippen LogP contribution in [-0.2, 0) is 38.4 Å². The van der Waals surface area contributed by atoms with E-state index >= 15 is 0 Å². The molecule has 0 bridgehead atoms. The Morgan fingerprint density at radius 3 is 1.60 bits per heavy atom. The lowest BCUT2D eigenvalue weighted by Gasteiger charge is -2.20. The second-order valence-corrected chi connectivity index (χ2v) is 4.45. The Balaban J connectivity index is 1.81. The molecule has 0 radical (unpaired) electrons. The Bertz CT molecular complexity index is 389. The molecule has 0 aliphatic carbocycles. The third kappa shape index (κ3) is 3.40. The van der Waals surface area contributed by atoms with Crippen molar-refractivity contribution in [2.24, 2.45) is 0 Å². The van der Waals surface area contributed by atoms with E-state index in [1.54, 1.807) is 0 Å². The molecule has 2 atom stereocenters. The highest BCUT2D eigenvalue weighted by Crippen LogP contribution is 2.13. The van der Waals surface area contributed by atoms with Crippen molar-refractivity contribution < 1.29 is 38.4 Å². The Labute approximate surface area is 114 Å². The molecule has 2 rings (SSSR count). The van der Waals surface area contributed by atoms with Crippen LogP contribution in [0.15, 0.2) is 0 Å². The van der Waals surface area contributed by atoms with Crippen LogP contribution >= 0.6 is 0 Å². The molecule has 2 saturated heterocycles. The minimum absolute atomic E-state index is 0.206. The summed E-state index contributed by atoms with van der Waals surface area (Å²) in [6, 6.07) is 0. The van der Waals surface area contributed by atoms with Crippen molar-refractivity contribution in [1.82, 2.24) is 0 Å². The van der Waals surface area contributed by atoms with E-state index in [0.717, 1.165) is 0 Å². The predicted octanol–water partition coefficient (Wildman–Crippen LogP) is -0.516. The quantitative estimate of drug-likeness (QED) is 0.379. The van der Waals surface area contributed by atoms with Gasteiger partial charge in [0.25, 0.3) is 0 Å². The van der Waals surface area contributed by atoms with E-state index in [4.69, 9.17) is 9.47 Å². The van der Waals surface area contributed by atoms with Gasteiger partial charge in [-0.25, -0.2) is 19.4 Å². The van der Waals surface area contributed by atoms with Crippen molar-refractivity contribution in [3.63, 3.8) is 0 Å².